The highest BCUT2D eigenvalue weighted by molar-refractivity contribution is 7.88. The molecule has 4 nitrogen and oxygen atoms in total. The molecule has 1 saturated carbocycles. The van der Waals surface area contributed by atoms with Gasteiger partial charge in [-0.15, -0.1) is 0 Å². The van der Waals surface area contributed by atoms with Crippen molar-refractivity contribution in [3.63, 3.8) is 0 Å². The van der Waals surface area contributed by atoms with Gasteiger partial charge < -0.3 is 5.32 Å². The minimum absolute atomic E-state index is 0.346. The molecular weight excluding hydrogens is 224 g/mol. The lowest BCUT2D eigenvalue weighted by Crippen LogP contribution is -2.50. The number of rotatable bonds is 4. The molecule has 0 amide bonds. The predicted molar refractivity (Wildman–Crippen MR) is 64.8 cm³/mol. The molecule has 2 fully saturated rings. The standard InChI is InChI=1S/C11H22N2O2S/c1-9(10-5-6-10)12-11-4-3-7-13(8-11)16(2,14)15/h9-12H,3-8H2,1-2H3. The molecule has 1 saturated heterocycles. The summed E-state index contributed by atoms with van der Waals surface area (Å²) in [4.78, 5) is 0. The first-order chi connectivity index (χ1) is 7.47. The summed E-state index contributed by atoms with van der Waals surface area (Å²) in [5.74, 6) is 0.827. The number of nitrogens with zero attached hydrogens (tertiary/aromatic N) is 1. The normalized spacial score (nSPS) is 30.2. The summed E-state index contributed by atoms with van der Waals surface area (Å²) in [6, 6.07) is 0.892. The van der Waals surface area contributed by atoms with Gasteiger partial charge in [0.2, 0.25) is 10.0 Å². The van der Waals surface area contributed by atoms with Crippen molar-refractivity contribution in [1.82, 2.24) is 9.62 Å². The summed E-state index contributed by atoms with van der Waals surface area (Å²) in [5, 5.41) is 3.58. The van der Waals surface area contributed by atoms with Crippen molar-refractivity contribution in [2.45, 2.75) is 44.7 Å². The second-order valence-electron chi connectivity index (χ2n) is 5.25. The molecule has 0 spiro atoms. The van der Waals surface area contributed by atoms with E-state index in [2.05, 4.69) is 12.2 Å². The zero-order valence-electron chi connectivity index (χ0n) is 10.1. The van der Waals surface area contributed by atoms with Gasteiger partial charge in [-0.25, -0.2) is 12.7 Å². The van der Waals surface area contributed by atoms with Crippen LogP contribution < -0.4 is 5.32 Å². The Kier molecular flexibility index (Phi) is 3.56. The van der Waals surface area contributed by atoms with Gasteiger partial charge in [-0.1, -0.05) is 0 Å². The summed E-state index contributed by atoms with van der Waals surface area (Å²) < 4.78 is 24.5. The van der Waals surface area contributed by atoms with E-state index in [4.69, 9.17) is 0 Å². The molecule has 1 aliphatic carbocycles. The lowest BCUT2D eigenvalue weighted by atomic mass is 10.1. The maximum Gasteiger partial charge on any atom is 0.211 e. The topological polar surface area (TPSA) is 49.4 Å². The molecule has 2 atom stereocenters. The Labute approximate surface area is 98.4 Å². The molecule has 0 aromatic rings. The van der Waals surface area contributed by atoms with Gasteiger partial charge in [0.05, 0.1) is 6.26 Å². The molecule has 1 N–H and O–H groups in total. The molecule has 5 heteroatoms. The van der Waals surface area contributed by atoms with Crippen LogP contribution in [-0.2, 0) is 10.0 Å². The van der Waals surface area contributed by atoms with E-state index in [1.54, 1.807) is 4.31 Å². The number of piperidine rings is 1. The average Bonchev–Trinajstić information content (AvgIpc) is 2.99. The fourth-order valence-corrected chi connectivity index (χ4v) is 3.40. The van der Waals surface area contributed by atoms with Crippen LogP contribution in [0.3, 0.4) is 0 Å². The van der Waals surface area contributed by atoms with Crippen molar-refractivity contribution in [3.05, 3.63) is 0 Å². The number of nitrogens with one attached hydrogen (secondary N) is 1. The van der Waals surface area contributed by atoms with Crippen molar-refractivity contribution in [2.24, 2.45) is 5.92 Å². The van der Waals surface area contributed by atoms with E-state index >= 15 is 0 Å². The van der Waals surface area contributed by atoms with E-state index in [1.165, 1.54) is 19.1 Å². The van der Waals surface area contributed by atoms with Gasteiger partial charge >= 0.3 is 0 Å². The molecule has 2 unspecified atom stereocenters. The minimum Gasteiger partial charge on any atom is -0.310 e. The Balaban J connectivity index is 1.86. The van der Waals surface area contributed by atoms with Crippen LogP contribution in [0.2, 0.25) is 0 Å². The van der Waals surface area contributed by atoms with Gasteiger partial charge in [0, 0.05) is 25.2 Å². The largest absolute Gasteiger partial charge is 0.310 e. The lowest BCUT2D eigenvalue weighted by Gasteiger charge is -2.33. The fraction of sp³-hybridized carbons (Fsp3) is 1.00. The van der Waals surface area contributed by atoms with Crippen LogP contribution in [-0.4, -0.2) is 44.2 Å². The van der Waals surface area contributed by atoms with Gasteiger partial charge in [0.25, 0.3) is 0 Å². The highest BCUT2D eigenvalue weighted by Gasteiger charge is 2.31. The zero-order chi connectivity index (χ0) is 11.8. The van der Waals surface area contributed by atoms with E-state index in [0.717, 1.165) is 18.8 Å². The Morgan fingerprint density at radius 3 is 2.56 bits per heavy atom. The molecule has 0 aromatic heterocycles. The van der Waals surface area contributed by atoms with Crippen molar-refractivity contribution in [3.8, 4) is 0 Å². The maximum absolute atomic E-state index is 11.5. The average molecular weight is 246 g/mol. The Bertz CT molecular complexity index is 338. The van der Waals surface area contributed by atoms with E-state index in [0.29, 0.717) is 25.2 Å². The van der Waals surface area contributed by atoms with E-state index in [1.807, 2.05) is 0 Å². The molecule has 2 rings (SSSR count). The molecule has 2 aliphatic rings. The molecule has 1 heterocycles. The van der Waals surface area contributed by atoms with Crippen LogP contribution in [0.15, 0.2) is 0 Å². The first kappa shape index (κ1) is 12.3. The molecule has 94 valence electrons. The monoisotopic (exact) mass is 246 g/mol. The molecule has 0 aromatic carbocycles. The zero-order valence-corrected chi connectivity index (χ0v) is 11.0. The molecule has 16 heavy (non-hydrogen) atoms. The van der Waals surface area contributed by atoms with Crippen molar-refractivity contribution in [1.29, 1.82) is 0 Å². The van der Waals surface area contributed by atoms with Gasteiger partial charge in [0.1, 0.15) is 0 Å². The molecule has 1 aliphatic heterocycles. The maximum atomic E-state index is 11.5. The second kappa shape index (κ2) is 4.63. The second-order valence-corrected chi connectivity index (χ2v) is 7.24. The first-order valence-corrected chi connectivity index (χ1v) is 8.03. The van der Waals surface area contributed by atoms with Crippen LogP contribution in [0.4, 0.5) is 0 Å². The third-order valence-corrected chi connectivity index (χ3v) is 4.95. The highest BCUT2D eigenvalue weighted by atomic mass is 32.2. The highest BCUT2D eigenvalue weighted by Crippen LogP contribution is 2.32. The predicted octanol–water partition coefficient (Wildman–Crippen LogP) is 0.798. The van der Waals surface area contributed by atoms with E-state index in [9.17, 15) is 8.42 Å². The summed E-state index contributed by atoms with van der Waals surface area (Å²) in [5.41, 5.74) is 0. The van der Waals surface area contributed by atoms with Crippen LogP contribution in [0.25, 0.3) is 0 Å². The molecular formula is C11H22N2O2S. The van der Waals surface area contributed by atoms with Gasteiger partial charge in [-0.3, -0.25) is 0 Å². The third kappa shape index (κ3) is 3.18. The molecule has 0 radical (unpaired) electrons. The van der Waals surface area contributed by atoms with Gasteiger partial charge in [-0.2, -0.15) is 0 Å². The summed E-state index contributed by atoms with van der Waals surface area (Å²) in [7, 11) is -3.01. The smallest absolute Gasteiger partial charge is 0.211 e. The number of sulfonamides is 1. The van der Waals surface area contributed by atoms with Crippen molar-refractivity contribution in [2.75, 3.05) is 19.3 Å². The van der Waals surface area contributed by atoms with Crippen molar-refractivity contribution >= 4 is 10.0 Å². The van der Waals surface area contributed by atoms with Crippen LogP contribution in [0.1, 0.15) is 32.6 Å². The van der Waals surface area contributed by atoms with Crippen molar-refractivity contribution < 1.29 is 8.42 Å². The molecule has 0 bridgehead atoms. The van der Waals surface area contributed by atoms with E-state index in [-0.39, 0.29) is 0 Å². The SMILES string of the molecule is CC(NC1CCCN(S(C)(=O)=O)C1)C1CC1. The summed E-state index contributed by atoms with van der Waals surface area (Å²) in [6.07, 6.45) is 6.04. The van der Waals surface area contributed by atoms with Gasteiger partial charge in [-0.05, 0) is 38.5 Å². The third-order valence-electron chi connectivity index (χ3n) is 3.68. The quantitative estimate of drug-likeness (QED) is 0.798. The lowest BCUT2D eigenvalue weighted by molar-refractivity contribution is 0.265. The first-order valence-electron chi connectivity index (χ1n) is 6.18. The number of hydrogen-bond donors (Lipinski definition) is 1. The van der Waals surface area contributed by atoms with E-state index < -0.39 is 10.0 Å². The Morgan fingerprint density at radius 1 is 1.31 bits per heavy atom. The minimum atomic E-state index is -3.01. The Hall–Kier alpha value is -0.130. The van der Waals surface area contributed by atoms with Crippen LogP contribution in [0.5, 0.6) is 0 Å². The van der Waals surface area contributed by atoms with Crippen LogP contribution in [0, 0.1) is 5.92 Å². The van der Waals surface area contributed by atoms with Crippen LogP contribution >= 0.6 is 0 Å². The Morgan fingerprint density at radius 2 is 2.00 bits per heavy atom. The number of hydrogen-bond acceptors (Lipinski definition) is 3. The summed E-state index contributed by atoms with van der Waals surface area (Å²) in [6.45, 7) is 3.56. The van der Waals surface area contributed by atoms with Gasteiger partial charge in [0.15, 0.2) is 0 Å². The fourth-order valence-electron chi connectivity index (χ4n) is 2.48. The summed E-state index contributed by atoms with van der Waals surface area (Å²) >= 11 is 0.